The second kappa shape index (κ2) is 6.01. The number of aliphatic carboxylic acids is 1. The Balaban J connectivity index is 2.31. The SMILES string of the molecule is CC(NC(=O)NCC(C)(O)C(=O)O)C1CCCO1. The zero-order valence-corrected chi connectivity index (χ0v) is 10.6. The minimum Gasteiger partial charge on any atom is -0.479 e. The molecule has 2 amide bonds. The third-order valence-corrected chi connectivity index (χ3v) is 2.94. The van der Waals surface area contributed by atoms with Crippen molar-refractivity contribution in [3.63, 3.8) is 0 Å². The van der Waals surface area contributed by atoms with Crippen molar-refractivity contribution in [1.82, 2.24) is 10.6 Å². The first-order chi connectivity index (χ1) is 8.33. The molecule has 0 spiro atoms. The van der Waals surface area contributed by atoms with Crippen molar-refractivity contribution in [2.75, 3.05) is 13.2 Å². The van der Waals surface area contributed by atoms with Crippen molar-refractivity contribution in [2.24, 2.45) is 0 Å². The van der Waals surface area contributed by atoms with E-state index in [9.17, 15) is 14.7 Å². The zero-order valence-electron chi connectivity index (χ0n) is 10.6. The second-order valence-corrected chi connectivity index (χ2v) is 4.75. The Morgan fingerprint density at radius 1 is 1.56 bits per heavy atom. The molecular weight excluding hydrogens is 240 g/mol. The maximum Gasteiger partial charge on any atom is 0.337 e. The number of rotatable bonds is 5. The van der Waals surface area contributed by atoms with Crippen molar-refractivity contribution in [1.29, 1.82) is 0 Å². The molecular formula is C11H20N2O5. The molecule has 0 aromatic carbocycles. The van der Waals surface area contributed by atoms with Gasteiger partial charge in [-0.15, -0.1) is 0 Å². The van der Waals surface area contributed by atoms with E-state index in [2.05, 4.69) is 10.6 Å². The highest BCUT2D eigenvalue weighted by Crippen LogP contribution is 2.15. The van der Waals surface area contributed by atoms with Gasteiger partial charge >= 0.3 is 12.0 Å². The Morgan fingerprint density at radius 2 is 2.22 bits per heavy atom. The fourth-order valence-corrected chi connectivity index (χ4v) is 1.68. The number of ether oxygens (including phenoxy) is 1. The first-order valence-electron chi connectivity index (χ1n) is 5.94. The van der Waals surface area contributed by atoms with Crippen LogP contribution >= 0.6 is 0 Å². The summed E-state index contributed by atoms with van der Waals surface area (Å²) in [6, 6.07) is -0.665. The van der Waals surface area contributed by atoms with Gasteiger partial charge in [-0.25, -0.2) is 9.59 Å². The van der Waals surface area contributed by atoms with E-state index in [1.54, 1.807) is 0 Å². The van der Waals surface area contributed by atoms with Gasteiger partial charge < -0.3 is 25.6 Å². The molecule has 104 valence electrons. The summed E-state index contributed by atoms with van der Waals surface area (Å²) in [5.74, 6) is -1.38. The minimum atomic E-state index is -1.97. The van der Waals surface area contributed by atoms with Crippen LogP contribution in [0.2, 0.25) is 0 Å². The van der Waals surface area contributed by atoms with E-state index in [0.717, 1.165) is 19.8 Å². The number of hydrogen-bond acceptors (Lipinski definition) is 4. The Morgan fingerprint density at radius 3 is 2.72 bits per heavy atom. The van der Waals surface area contributed by atoms with Crippen LogP contribution in [0.4, 0.5) is 4.79 Å². The first-order valence-corrected chi connectivity index (χ1v) is 5.94. The van der Waals surface area contributed by atoms with E-state index >= 15 is 0 Å². The van der Waals surface area contributed by atoms with Crippen molar-refractivity contribution >= 4 is 12.0 Å². The van der Waals surface area contributed by atoms with E-state index in [4.69, 9.17) is 9.84 Å². The van der Waals surface area contributed by atoms with Gasteiger partial charge in [0.1, 0.15) is 0 Å². The first kappa shape index (κ1) is 14.7. The highest BCUT2D eigenvalue weighted by atomic mass is 16.5. The van der Waals surface area contributed by atoms with Crippen LogP contribution in [0.1, 0.15) is 26.7 Å². The van der Waals surface area contributed by atoms with E-state index in [0.29, 0.717) is 6.61 Å². The number of nitrogens with one attached hydrogen (secondary N) is 2. The maximum absolute atomic E-state index is 11.5. The summed E-state index contributed by atoms with van der Waals surface area (Å²) in [4.78, 5) is 22.1. The lowest BCUT2D eigenvalue weighted by atomic mass is 10.1. The molecule has 1 saturated heterocycles. The van der Waals surface area contributed by atoms with Crippen molar-refractivity contribution < 1.29 is 24.5 Å². The number of carbonyl (C=O) groups excluding carboxylic acids is 1. The standard InChI is InChI=1S/C11H20N2O5/c1-7(8-4-3-5-18-8)13-10(16)12-6-11(2,17)9(14)15/h7-8,17H,3-6H2,1-2H3,(H,14,15)(H2,12,13,16). The van der Waals surface area contributed by atoms with Crippen LogP contribution < -0.4 is 10.6 Å². The number of aliphatic hydroxyl groups is 1. The molecule has 4 N–H and O–H groups in total. The molecule has 18 heavy (non-hydrogen) atoms. The molecule has 0 aliphatic carbocycles. The molecule has 1 aliphatic rings. The Bertz CT molecular complexity index is 313. The topological polar surface area (TPSA) is 108 Å². The van der Waals surface area contributed by atoms with Crippen LogP contribution in [0.15, 0.2) is 0 Å². The molecule has 0 aromatic heterocycles. The Hall–Kier alpha value is -1.34. The summed E-state index contributed by atoms with van der Waals surface area (Å²) in [5, 5.41) is 23.1. The van der Waals surface area contributed by atoms with E-state index in [1.165, 1.54) is 0 Å². The van der Waals surface area contributed by atoms with E-state index in [-0.39, 0.29) is 18.7 Å². The quantitative estimate of drug-likeness (QED) is 0.542. The van der Waals surface area contributed by atoms with Crippen LogP contribution in [0.5, 0.6) is 0 Å². The molecule has 1 fully saturated rings. The lowest BCUT2D eigenvalue weighted by Crippen LogP contribution is -2.52. The average molecular weight is 260 g/mol. The largest absolute Gasteiger partial charge is 0.479 e. The van der Waals surface area contributed by atoms with Gasteiger partial charge in [0.15, 0.2) is 5.60 Å². The molecule has 1 heterocycles. The average Bonchev–Trinajstić information content (AvgIpc) is 2.79. The normalized spacial score (nSPS) is 24.1. The van der Waals surface area contributed by atoms with Crippen LogP contribution in [0.3, 0.4) is 0 Å². The number of carboxylic acids is 1. The van der Waals surface area contributed by atoms with Gasteiger partial charge in [0.2, 0.25) is 0 Å². The molecule has 3 atom stereocenters. The Labute approximate surface area is 106 Å². The third kappa shape index (κ3) is 4.15. The van der Waals surface area contributed by atoms with Gasteiger partial charge in [-0.3, -0.25) is 0 Å². The highest BCUT2D eigenvalue weighted by Gasteiger charge is 2.31. The number of amides is 2. The number of carboxylic acid groups (broad SMARTS) is 1. The summed E-state index contributed by atoms with van der Waals surface area (Å²) in [7, 11) is 0. The van der Waals surface area contributed by atoms with Gasteiger partial charge in [0.05, 0.1) is 18.7 Å². The van der Waals surface area contributed by atoms with Crippen molar-refractivity contribution in [3.8, 4) is 0 Å². The summed E-state index contributed by atoms with van der Waals surface area (Å²) in [5.41, 5.74) is -1.97. The van der Waals surface area contributed by atoms with E-state index in [1.807, 2.05) is 6.92 Å². The zero-order chi connectivity index (χ0) is 13.8. The van der Waals surface area contributed by atoms with Crippen LogP contribution in [0.25, 0.3) is 0 Å². The smallest absolute Gasteiger partial charge is 0.337 e. The van der Waals surface area contributed by atoms with Gasteiger partial charge in [-0.1, -0.05) is 0 Å². The lowest BCUT2D eigenvalue weighted by Gasteiger charge is -2.22. The summed E-state index contributed by atoms with van der Waals surface area (Å²) < 4.78 is 5.41. The fraction of sp³-hybridized carbons (Fsp3) is 0.818. The van der Waals surface area contributed by atoms with E-state index < -0.39 is 17.6 Å². The van der Waals surface area contributed by atoms with Gasteiger partial charge in [0, 0.05) is 6.61 Å². The molecule has 7 nitrogen and oxygen atoms in total. The van der Waals surface area contributed by atoms with Crippen LogP contribution in [-0.2, 0) is 9.53 Å². The number of urea groups is 1. The van der Waals surface area contributed by atoms with Gasteiger partial charge in [-0.05, 0) is 26.7 Å². The molecule has 7 heteroatoms. The Kier molecular flexibility index (Phi) is 4.92. The molecule has 3 unspecified atom stereocenters. The second-order valence-electron chi connectivity index (χ2n) is 4.75. The summed E-state index contributed by atoms with van der Waals surface area (Å²) in [6.45, 7) is 3.29. The van der Waals surface area contributed by atoms with Crippen molar-refractivity contribution in [3.05, 3.63) is 0 Å². The van der Waals surface area contributed by atoms with Crippen LogP contribution in [-0.4, -0.2) is 53.1 Å². The summed E-state index contributed by atoms with van der Waals surface area (Å²) in [6.07, 6.45) is 1.87. The molecule has 0 radical (unpaired) electrons. The van der Waals surface area contributed by atoms with Gasteiger partial charge in [-0.2, -0.15) is 0 Å². The highest BCUT2D eigenvalue weighted by molar-refractivity contribution is 5.79. The minimum absolute atomic E-state index is 0.00395. The summed E-state index contributed by atoms with van der Waals surface area (Å²) >= 11 is 0. The maximum atomic E-state index is 11.5. The molecule has 0 saturated carbocycles. The molecule has 0 aromatic rings. The lowest BCUT2D eigenvalue weighted by molar-refractivity contribution is -0.155. The number of hydrogen-bond donors (Lipinski definition) is 4. The predicted molar refractivity (Wildman–Crippen MR) is 63.2 cm³/mol. The van der Waals surface area contributed by atoms with Crippen LogP contribution in [0, 0.1) is 0 Å². The monoisotopic (exact) mass is 260 g/mol. The molecule has 1 rings (SSSR count). The predicted octanol–water partition coefficient (Wildman–Crippen LogP) is -0.311. The molecule has 0 bridgehead atoms. The third-order valence-electron chi connectivity index (χ3n) is 2.94. The van der Waals surface area contributed by atoms with Gasteiger partial charge in [0.25, 0.3) is 0 Å². The fourth-order valence-electron chi connectivity index (χ4n) is 1.68. The van der Waals surface area contributed by atoms with Crippen molar-refractivity contribution in [2.45, 2.75) is 44.4 Å². The number of carbonyl (C=O) groups is 2. The molecule has 1 aliphatic heterocycles.